The van der Waals surface area contributed by atoms with Gasteiger partial charge in [0, 0.05) is 24.2 Å². The quantitative estimate of drug-likeness (QED) is 0.478. The molecule has 172 valence electrons. The molecular weight excluding hydrogens is 431 g/mol. The van der Waals surface area contributed by atoms with E-state index in [1.54, 1.807) is 6.92 Å². The van der Waals surface area contributed by atoms with Gasteiger partial charge in [-0.25, -0.2) is 4.39 Å². The standard InChI is InChI=1S/C21H22F3N3O5/c1-12-3-4-13(9-15(12)22)19(29)26-8-7-25-18(28)11-27-20(30)14-5-6-16(32-21(23)24)17(10-14)31-2/h3-6,9-10,21H,7-8,11H2,1-2H3,(H,25,28)(H,26,29)(H,27,30). The van der Waals surface area contributed by atoms with Crippen molar-refractivity contribution in [2.45, 2.75) is 13.5 Å². The number of alkyl halides is 2. The van der Waals surface area contributed by atoms with Crippen molar-refractivity contribution in [1.82, 2.24) is 16.0 Å². The fraction of sp³-hybridized carbons (Fsp3) is 0.286. The molecule has 32 heavy (non-hydrogen) atoms. The number of aryl methyl sites for hydroxylation is 1. The highest BCUT2D eigenvalue weighted by Gasteiger charge is 2.15. The van der Waals surface area contributed by atoms with Gasteiger partial charge in [0.15, 0.2) is 11.5 Å². The molecule has 0 spiro atoms. The van der Waals surface area contributed by atoms with Crippen molar-refractivity contribution in [3.63, 3.8) is 0 Å². The Hall–Kier alpha value is -3.76. The molecule has 2 rings (SSSR count). The molecule has 0 radical (unpaired) electrons. The minimum atomic E-state index is -3.05. The molecule has 0 aliphatic heterocycles. The second-order valence-electron chi connectivity index (χ2n) is 6.50. The summed E-state index contributed by atoms with van der Waals surface area (Å²) in [6.45, 7) is -1.64. The van der Waals surface area contributed by atoms with Gasteiger partial charge in [-0.2, -0.15) is 8.78 Å². The Morgan fingerprint density at radius 1 is 0.906 bits per heavy atom. The predicted molar refractivity (Wildman–Crippen MR) is 108 cm³/mol. The monoisotopic (exact) mass is 453 g/mol. The van der Waals surface area contributed by atoms with Gasteiger partial charge in [0.05, 0.1) is 13.7 Å². The van der Waals surface area contributed by atoms with E-state index in [9.17, 15) is 27.6 Å². The van der Waals surface area contributed by atoms with Gasteiger partial charge in [-0.3, -0.25) is 14.4 Å². The number of methoxy groups -OCH3 is 1. The zero-order chi connectivity index (χ0) is 23.7. The third kappa shape index (κ3) is 7.18. The fourth-order valence-corrected chi connectivity index (χ4v) is 2.54. The Morgan fingerprint density at radius 2 is 1.53 bits per heavy atom. The number of ether oxygens (including phenoxy) is 2. The predicted octanol–water partition coefficient (Wildman–Crippen LogP) is 2.02. The van der Waals surface area contributed by atoms with E-state index in [4.69, 9.17) is 4.74 Å². The molecular formula is C21H22F3N3O5. The zero-order valence-electron chi connectivity index (χ0n) is 17.3. The van der Waals surface area contributed by atoms with Crippen LogP contribution in [0.15, 0.2) is 36.4 Å². The Kier molecular flexibility index (Phi) is 8.87. The first-order valence-electron chi connectivity index (χ1n) is 9.43. The van der Waals surface area contributed by atoms with Crippen LogP contribution in [0.3, 0.4) is 0 Å². The lowest BCUT2D eigenvalue weighted by Crippen LogP contribution is -2.40. The Labute approximate surface area is 182 Å². The summed E-state index contributed by atoms with van der Waals surface area (Å²) in [5.41, 5.74) is 0.660. The van der Waals surface area contributed by atoms with E-state index in [1.807, 2.05) is 0 Å². The van der Waals surface area contributed by atoms with E-state index in [-0.39, 0.29) is 42.3 Å². The number of nitrogens with one attached hydrogen (secondary N) is 3. The lowest BCUT2D eigenvalue weighted by atomic mass is 10.1. The van der Waals surface area contributed by atoms with Crippen molar-refractivity contribution in [3.8, 4) is 11.5 Å². The van der Waals surface area contributed by atoms with Gasteiger partial charge >= 0.3 is 6.61 Å². The van der Waals surface area contributed by atoms with Crippen molar-refractivity contribution in [2.24, 2.45) is 0 Å². The number of rotatable bonds is 10. The van der Waals surface area contributed by atoms with E-state index >= 15 is 0 Å². The number of halogens is 3. The summed E-state index contributed by atoms with van der Waals surface area (Å²) in [5, 5.41) is 7.41. The van der Waals surface area contributed by atoms with E-state index in [0.717, 1.165) is 12.1 Å². The number of amides is 3. The average Bonchev–Trinajstić information content (AvgIpc) is 2.76. The van der Waals surface area contributed by atoms with Gasteiger partial charge in [-0.05, 0) is 42.8 Å². The van der Waals surface area contributed by atoms with Crippen LogP contribution in [0.4, 0.5) is 13.2 Å². The maximum Gasteiger partial charge on any atom is 0.387 e. The van der Waals surface area contributed by atoms with Crippen LogP contribution in [0, 0.1) is 12.7 Å². The van der Waals surface area contributed by atoms with Gasteiger partial charge in [0.2, 0.25) is 5.91 Å². The van der Waals surface area contributed by atoms with E-state index in [1.165, 1.54) is 31.4 Å². The second-order valence-corrected chi connectivity index (χ2v) is 6.50. The topological polar surface area (TPSA) is 106 Å². The number of hydrogen-bond acceptors (Lipinski definition) is 5. The van der Waals surface area contributed by atoms with Crippen molar-refractivity contribution in [2.75, 3.05) is 26.7 Å². The van der Waals surface area contributed by atoms with Gasteiger partial charge in [0.1, 0.15) is 5.82 Å². The first kappa shape index (κ1) is 24.5. The molecule has 0 bridgehead atoms. The van der Waals surface area contributed by atoms with Crippen LogP contribution in [0.25, 0.3) is 0 Å². The molecule has 0 unspecified atom stereocenters. The molecule has 0 heterocycles. The molecule has 0 aliphatic carbocycles. The van der Waals surface area contributed by atoms with E-state index in [2.05, 4.69) is 20.7 Å². The van der Waals surface area contributed by atoms with Gasteiger partial charge < -0.3 is 25.4 Å². The van der Waals surface area contributed by atoms with Crippen molar-refractivity contribution >= 4 is 17.7 Å². The fourth-order valence-electron chi connectivity index (χ4n) is 2.54. The highest BCUT2D eigenvalue weighted by molar-refractivity contribution is 5.97. The van der Waals surface area contributed by atoms with Crippen LogP contribution in [0.1, 0.15) is 26.3 Å². The number of carbonyl (C=O) groups is 3. The molecule has 0 fully saturated rings. The number of carbonyl (C=O) groups excluding carboxylic acids is 3. The first-order chi connectivity index (χ1) is 15.2. The summed E-state index contributed by atoms with van der Waals surface area (Å²) >= 11 is 0. The molecule has 0 saturated carbocycles. The smallest absolute Gasteiger partial charge is 0.387 e. The molecule has 11 heteroatoms. The van der Waals surface area contributed by atoms with E-state index in [0.29, 0.717) is 5.56 Å². The Balaban J connectivity index is 1.75. The molecule has 3 N–H and O–H groups in total. The highest BCUT2D eigenvalue weighted by atomic mass is 19.3. The molecule has 2 aromatic carbocycles. The van der Waals surface area contributed by atoms with Crippen LogP contribution >= 0.6 is 0 Å². The van der Waals surface area contributed by atoms with Crippen molar-refractivity contribution < 1.29 is 37.0 Å². The lowest BCUT2D eigenvalue weighted by Gasteiger charge is -2.12. The van der Waals surface area contributed by atoms with Gasteiger partial charge in [-0.1, -0.05) is 6.07 Å². The largest absolute Gasteiger partial charge is 0.493 e. The molecule has 0 aliphatic rings. The molecule has 3 amide bonds. The summed E-state index contributed by atoms with van der Waals surface area (Å²) in [7, 11) is 1.23. The normalized spacial score (nSPS) is 10.4. The first-order valence-corrected chi connectivity index (χ1v) is 9.43. The van der Waals surface area contributed by atoms with E-state index < -0.39 is 30.2 Å². The molecule has 0 saturated heterocycles. The summed E-state index contributed by atoms with van der Waals surface area (Å²) in [6, 6.07) is 7.71. The Bertz CT molecular complexity index is 985. The summed E-state index contributed by atoms with van der Waals surface area (Å²) in [6.07, 6.45) is 0. The molecule has 2 aromatic rings. The van der Waals surface area contributed by atoms with Crippen molar-refractivity contribution in [1.29, 1.82) is 0 Å². The minimum absolute atomic E-state index is 0.0633. The minimum Gasteiger partial charge on any atom is -0.493 e. The number of hydrogen-bond donors (Lipinski definition) is 3. The lowest BCUT2D eigenvalue weighted by molar-refractivity contribution is -0.120. The van der Waals surface area contributed by atoms with Crippen LogP contribution < -0.4 is 25.4 Å². The van der Waals surface area contributed by atoms with Crippen molar-refractivity contribution in [3.05, 3.63) is 58.9 Å². The van der Waals surface area contributed by atoms with Gasteiger partial charge in [-0.15, -0.1) is 0 Å². The van der Waals surface area contributed by atoms with Crippen LogP contribution in [0.5, 0.6) is 11.5 Å². The van der Waals surface area contributed by atoms with Crippen LogP contribution in [-0.4, -0.2) is 51.1 Å². The van der Waals surface area contributed by atoms with Crippen LogP contribution in [0.2, 0.25) is 0 Å². The number of benzene rings is 2. The summed E-state index contributed by atoms with van der Waals surface area (Å²) in [4.78, 5) is 36.0. The van der Waals surface area contributed by atoms with Gasteiger partial charge in [0.25, 0.3) is 11.8 Å². The zero-order valence-corrected chi connectivity index (χ0v) is 17.3. The second kappa shape index (κ2) is 11.6. The average molecular weight is 453 g/mol. The third-order valence-electron chi connectivity index (χ3n) is 4.22. The highest BCUT2D eigenvalue weighted by Crippen LogP contribution is 2.29. The molecule has 8 nitrogen and oxygen atoms in total. The summed E-state index contributed by atoms with van der Waals surface area (Å²) in [5.74, 6) is -2.41. The van der Waals surface area contributed by atoms with Crippen LogP contribution in [-0.2, 0) is 4.79 Å². The summed E-state index contributed by atoms with van der Waals surface area (Å²) < 4.78 is 47.4. The molecule has 0 aromatic heterocycles. The maximum atomic E-state index is 13.5. The SMILES string of the molecule is COc1cc(C(=O)NCC(=O)NCCNC(=O)c2ccc(C)c(F)c2)ccc1OC(F)F. The Morgan fingerprint density at radius 3 is 2.19 bits per heavy atom. The maximum absolute atomic E-state index is 13.5. The molecule has 0 atom stereocenters. The third-order valence-corrected chi connectivity index (χ3v) is 4.22.